The van der Waals surface area contributed by atoms with Crippen molar-refractivity contribution in [2.24, 2.45) is 5.92 Å². The number of aldehydes is 1. The molecule has 38 heavy (non-hydrogen) atoms. The lowest BCUT2D eigenvalue weighted by Gasteiger charge is -2.31. The largest absolute Gasteiger partial charge is 0.481 e. The molecular formula is C27H40N4O6S. The molecule has 0 radical (unpaired) electrons. The van der Waals surface area contributed by atoms with Gasteiger partial charge >= 0.3 is 5.97 Å². The van der Waals surface area contributed by atoms with E-state index in [0.29, 0.717) is 31.2 Å². The van der Waals surface area contributed by atoms with E-state index in [1.807, 2.05) is 26.0 Å². The average Bonchev–Trinajstić information content (AvgIpc) is 3.37. The van der Waals surface area contributed by atoms with Gasteiger partial charge in [0.1, 0.15) is 18.4 Å². The van der Waals surface area contributed by atoms with Crippen LogP contribution in [0.3, 0.4) is 0 Å². The van der Waals surface area contributed by atoms with Crippen molar-refractivity contribution in [1.82, 2.24) is 19.8 Å². The third kappa shape index (κ3) is 9.13. The van der Waals surface area contributed by atoms with Crippen LogP contribution < -0.4 is 10.6 Å². The molecule has 0 saturated carbocycles. The van der Waals surface area contributed by atoms with Crippen LogP contribution in [-0.4, -0.2) is 82.0 Å². The maximum absolute atomic E-state index is 13.5. The molecule has 0 spiro atoms. The van der Waals surface area contributed by atoms with Crippen molar-refractivity contribution in [3.63, 3.8) is 0 Å². The van der Waals surface area contributed by atoms with Crippen LogP contribution in [0.5, 0.6) is 0 Å². The highest BCUT2D eigenvalue weighted by Crippen LogP contribution is 2.24. The number of carboxylic acids is 1. The number of amides is 3. The summed E-state index contributed by atoms with van der Waals surface area (Å²) in [7, 11) is 0. The van der Waals surface area contributed by atoms with E-state index in [1.165, 1.54) is 4.90 Å². The highest BCUT2D eigenvalue weighted by Gasteiger charge is 2.39. The van der Waals surface area contributed by atoms with E-state index in [9.17, 15) is 24.0 Å². The molecule has 0 aliphatic carbocycles. The lowest BCUT2D eigenvalue weighted by molar-refractivity contribution is -0.142. The minimum Gasteiger partial charge on any atom is -0.481 e. The number of carbonyl (C=O) groups is 5. The molecule has 1 heterocycles. The predicted octanol–water partition coefficient (Wildman–Crippen LogP) is 2.72. The van der Waals surface area contributed by atoms with Crippen LogP contribution in [0.2, 0.25) is 0 Å². The highest BCUT2D eigenvalue weighted by molar-refractivity contribution is 7.97. The minimum absolute atomic E-state index is 0.239. The Morgan fingerprint density at radius 2 is 1.74 bits per heavy atom. The standard InChI is InChI=1S/C27H40N4O6S/c1-5-13-30(14-6-2)38-21-11-9-19(10-12-21)25(35)29-24(18(3)4)27(37)31-15-7-8-22(31)26(36)28-20(17-32)16-23(33)34/h9-12,17-18,20,22,24H,5-8,13-16H2,1-4H3,(H,28,36)(H,29,35)(H,33,34). The molecule has 0 aromatic heterocycles. The van der Waals surface area contributed by atoms with Gasteiger partial charge in [-0.25, -0.2) is 4.31 Å². The minimum atomic E-state index is -1.21. The van der Waals surface area contributed by atoms with E-state index in [1.54, 1.807) is 24.1 Å². The number of nitrogens with zero attached hydrogens (tertiary/aromatic N) is 2. The molecule has 1 aliphatic heterocycles. The first-order valence-corrected chi connectivity index (χ1v) is 14.0. The fourth-order valence-corrected chi connectivity index (χ4v) is 5.44. The van der Waals surface area contributed by atoms with E-state index in [-0.39, 0.29) is 17.7 Å². The van der Waals surface area contributed by atoms with Crippen LogP contribution in [0.25, 0.3) is 0 Å². The van der Waals surface area contributed by atoms with Gasteiger partial charge in [0.25, 0.3) is 5.91 Å². The molecule has 3 atom stereocenters. The van der Waals surface area contributed by atoms with Crippen LogP contribution in [0.4, 0.5) is 0 Å². The molecule has 1 saturated heterocycles. The van der Waals surface area contributed by atoms with E-state index in [2.05, 4.69) is 28.8 Å². The lowest BCUT2D eigenvalue weighted by atomic mass is 10.0. The molecule has 3 N–H and O–H groups in total. The second-order valence-corrected chi connectivity index (χ2v) is 10.9. The number of carboxylic acid groups (broad SMARTS) is 1. The second-order valence-electron chi connectivity index (χ2n) is 9.78. The summed E-state index contributed by atoms with van der Waals surface area (Å²) in [5.41, 5.74) is 0.434. The van der Waals surface area contributed by atoms with Gasteiger partial charge in [0.15, 0.2) is 0 Å². The number of hydrogen-bond acceptors (Lipinski definition) is 7. The van der Waals surface area contributed by atoms with E-state index < -0.39 is 36.4 Å². The summed E-state index contributed by atoms with van der Waals surface area (Å²) in [5, 5.41) is 14.2. The Hall–Kier alpha value is -2.92. The number of carbonyl (C=O) groups excluding carboxylic acids is 4. The number of nitrogens with one attached hydrogen (secondary N) is 2. The third-order valence-electron chi connectivity index (χ3n) is 6.24. The van der Waals surface area contributed by atoms with Crippen molar-refractivity contribution in [3.05, 3.63) is 29.8 Å². The van der Waals surface area contributed by atoms with Gasteiger partial charge in [-0.15, -0.1) is 0 Å². The molecule has 1 aromatic carbocycles. The fraction of sp³-hybridized carbons (Fsp3) is 0.593. The molecule has 10 nitrogen and oxygen atoms in total. The smallest absolute Gasteiger partial charge is 0.305 e. The van der Waals surface area contributed by atoms with Crippen LogP contribution in [0, 0.1) is 5.92 Å². The van der Waals surface area contributed by atoms with Crippen molar-refractivity contribution >= 4 is 41.9 Å². The topological polar surface area (TPSA) is 136 Å². The SMILES string of the molecule is CCCN(CCC)Sc1ccc(C(=O)NC(C(=O)N2CCCC2C(=O)NC(C=O)CC(=O)O)C(C)C)cc1. The molecule has 0 bridgehead atoms. The van der Waals surface area contributed by atoms with Crippen LogP contribution in [0.15, 0.2) is 29.2 Å². The van der Waals surface area contributed by atoms with Gasteiger partial charge in [-0.3, -0.25) is 19.2 Å². The van der Waals surface area contributed by atoms with Crippen LogP contribution in [0.1, 0.15) is 70.2 Å². The van der Waals surface area contributed by atoms with E-state index in [4.69, 9.17) is 5.11 Å². The van der Waals surface area contributed by atoms with Crippen molar-refractivity contribution in [3.8, 4) is 0 Å². The average molecular weight is 549 g/mol. The molecule has 1 aliphatic rings. The number of aliphatic carboxylic acids is 1. The van der Waals surface area contributed by atoms with Gasteiger partial charge in [-0.1, -0.05) is 27.7 Å². The van der Waals surface area contributed by atoms with E-state index >= 15 is 0 Å². The quantitative estimate of drug-likeness (QED) is 0.225. The second kappa shape index (κ2) is 15.5. The fourth-order valence-electron chi connectivity index (χ4n) is 4.34. The maximum Gasteiger partial charge on any atom is 0.305 e. The van der Waals surface area contributed by atoms with Crippen molar-refractivity contribution in [2.75, 3.05) is 19.6 Å². The molecule has 210 valence electrons. The zero-order valence-electron chi connectivity index (χ0n) is 22.6. The summed E-state index contributed by atoms with van der Waals surface area (Å²) in [5.74, 6) is -2.78. The molecule has 2 rings (SSSR count). The summed E-state index contributed by atoms with van der Waals surface area (Å²) in [6.45, 7) is 10.2. The molecule has 1 aromatic rings. The van der Waals surface area contributed by atoms with Crippen molar-refractivity contribution < 1.29 is 29.1 Å². The Morgan fingerprint density at radius 3 is 2.26 bits per heavy atom. The summed E-state index contributed by atoms with van der Waals surface area (Å²) in [4.78, 5) is 63.8. The number of benzene rings is 1. The summed E-state index contributed by atoms with van der Waals surface area (Å²) in [6.07, 6.45) is 2.92. The summed E-state index contributed by atoms with van der Waals surface area (Å²) < 4.78 is 2.30. The molecule has 3 unspecified atom stereocenters. The zero-order chi connectivity index (χ0) is 28.2. The molecule has 11 heteroatoms. The van der Waals surface area contributed by atoms with Crippen molar-refractivity contribution in [1.29, 1.82) is 0 Å². The summed E-state index contributed by atoms with van der Waals surface area (Å²) in [6, 6.07) is 4.41. The normalized spacial score (nSPS) is 16.8. The van der Waals surface area contributed by atoms with Gasteiger partial charge in [0.2, 0.25) is 11.8 Å². The van der Waals surface area contributed by atoms with Crippen molar-refractivity contribution in [2.45, 2.75) is 82.8 Å². The Balaban J connectivity index is 2.07. The molecular weight excluding hydrogens is 508 g/mol. The van der Waals surface area contributed by atoms with Gasteiger partial charge < -0.3 is 25.4 Å². The summed E-state index contributed by atoms with van der Waals surface area (Å²) >= 11 is 1.66. The number of likely N-dealkylation sites (tertiary alicyclic amines) is 1. The first-order valence-electron chi connectivity index (χ1n) is 13.2. The van der Waals surface area contributed by atoms with Gasteiger partial charge in [-0.05, 0) is 67.8 Å². The van der Waals surface area contributed by atoms with Gasteiger partial charge in [0.05, 0.1) is 12.5 Å². The van der Waals surface area contributed by atoms with Crippen LogP contribution >= 0.6 is 11.9 Å². The number of hydrogen-bond donors (Lipinski definition) is 3. The Kier molecular flexibility index (Phi) is 12.8. The maximum atomic E-state index is 13.5. The zero-order valence-corrected chi connectivity index (χ0v) is 23.5. The Labute approximate surface area is 229 Å². The number of rotatable bonds is 15. The van der Waals surface area contributed by atoms with Crippen LogP contribution in [-0.2, 0) is 19.2 Å². The third-order valence-corrected chi connectivity index (χ3v) is 7.35. The molecule has 1 fully saturated rings. The Morgan fingerprint density at radius 1 is 1.11 bits per heavy atom. The monoisotopic (exact) mass is 548 g/mol. The van der Waals surface area contributed by atoms with Gasteiger partial charge in [0, 0.05) is 30.1 Å². The highest BCUT2D eigenvalue weighted by atomic mass is 32.2. The van der Waals surface area contributed by atoms with Gasteiger partial charge in [-0.2, -0.15) is 0 Å². The first-order chi connectivity index (χ1) is 18.1. The van der Waals surface area contributed by atoms with E-state index in [0.717, 1.165) is 30.8 Å². The lowest BCUT2D eigenvalue weighted by Crippen LogP contribution is -2.56. The first kappa shape index (κ1) is 31.3. The molecule has 3 amide bonds. The predicted molar refractivity (Wildman–Crippen MR) is 146 cm³/mol. The Bertz CT molecular complexity index is 965.